The van der Waals surface area contributed by atoms with Crippen LogP contribution >= 0.6 is 0 Å². The average molecular weight is 303 g/mol. The second-order valence-corrected chi connectivity index (χ2v) is 6.88. The van der Waals surface area contributed by atoms with E-state index in [0.717, 1.165) is 12.8 Å². The van der Waals surface area contributed by atoms with Crippen LogP contribution in [-0.4, -0.2) is 27.6 Å². The maximum Gasteiger partial charge on any atom is 0.210 e. The van der Waals surface area contributed by atoms with Gasteiger partial charge < -0.3 is 5.32 Å². The molecule has 0 heterocycles. The van der Waals surface area contributed by atoms with Crippen molar-refractivity contribution in [2.24, 2.45) is 0 Å². The number of ketones is 2. The van der Waals surface area contributed by atoms with Gasteiger partial charge in [-0.05, 0) is 19.3 Å². The Hall–Kier alpha value is -1.75. The number of hydrogen-bond donors (Lipinski definition) is 1. The van der Waals surface area contributed by atoms with Gasteiger partial charge in [0, 0.05) is 22.9 Å². The Morgan fingerprint density at radius 3 is 2.33 bits per heavy atom. The molecule has 1 saturated carbocycles. The maximum atomic E-state index is 12.6. The SMILES string of the molecule is CCCS(=O)C1=C(NC2CC2)C(=O)c2ccccc2C1=O. The fourth-order valence-electron chi connectivity index (χ4n) is 2.42. The van der Waals surface area contributed by atoms with Gasteiger partial charge in [0.1, 0.15) is 10.6 Å². The first-order valence-electron chi connectivity index (χ1n) is 7.21. The molecule has 0 radical (unpaired) electrons. The molecule has 0 bridgehead atoms. The molecular weight excluding hydrogens is 286 g/mol. The number of hydrogen-bond acceptors (Lipinski definition) is 4. The first-order chi connectivity index (χ1) is 10.1. The Morgan fingerprint density at radius 1 is 1.14 bits per heavy atom. The Bertz CT molecular complexity index is 674. The molecule has 0 spiro atoms. The van der Waals surface area contributed by atoms with Crippen molar-refractivity contribution in [1.82, 2.24) is 5.32 Å². The van der Waals surface area contributed by atoms with Crippen molar-refractivity contribution in [2.45, 2.75) is 32.2 Å². The molecule has 1 atom stereocenters. The van der Waals surface area contributed by atoms with Crippen molar-refractivity contribution in [3.8, 4) is 0 Å². The lowest BCUT2D eigenvalue weighted by Crippen LogP contribution is -2.33. The minimum Gasteiger partial charge on any atom is -0.378 e. The predicted octanol–water partition coefficient (Wildman–Crippen LogP) is 2.19. The number of carbonyl (C=O) groups is 2. The van der Waals surface area contributed by atoms with Gasteiger partial charge in [-0.1, -0.05) is 31.2 Å². The average Bonchev–Trinajstić information content (AvgIpc) is 3.29. The van der Waals surface area contributed by atoms with E-state index in [-0.39, 0.29) is 28.2 Å². The smallest absolute Gasteiger partial charge is 0.210 e. The molecule has 1 unspecified atom stereocenters. The van der Waals surface area contributed by atoms with E-state index in [0.29, 0.717) is 23.3 Å². The van der Waals surface area contributed by atoms with Crippen molar-refractivity contribution < 1.29 is 13.8 Å². The third kappa shape index (κ3) is 2.58. The molecule has 1 aromatic carbocycles. The van der Waals surface area contributed by atoms with E-state index in [4.69, 9.17) is 0 Å². The van der Waals surface area contributed by atoms with E-state index in [1.54, 1.807) is 24.3 Å². The van der Waals surface area contributed by atoms with Crippen LogP contribution < -0.4 is 5.32 Å². The van der Waals surface area contributed by atoms with Crippen molar-refractivity contribution in [1.29, 1.82) is 0 Å². The topological polar surface area (TPSA) is 63.2 Å². The van der Waals surface area contributed by atoms with E-state index in [9.17, 15) is 13.8 Å². The summed E-state index contributed by atoms with van der Waals surface area (Å²) in [5, 5.41) is 3.12. The zero-order valence-corrected chi connectivity index (χ0v) is 12.7. The summed E-state index contributed by atoms with van der Waals surface area (Å²) in [4.78, 5) is 25.4. The minimum atomic E-state index is -1.44. The van der Waals surface area contributed by atoms with Crippen molar-refractivity contribution >= 4 is 22.4 Å². The third-order valence-corrected chi connectivity index (χ3v) is 5.24. The number of fused-ring (bicyclic) bond motifs is 1. The Kier molecular flexibility index (Phi) is 3.76. The van der Waals surface area contributed by atoms with Crippen molar-refractivity contribution in [3.63, 3.8) is 0 Å². The molecule has 2 aliphatic carbocycles. The summed E-state index contributed by atoms with van der Waals surface area (Å²) in [7, 11) is -1.44. The first-order valence-corrected chi connectivity index (χ1v) is 8.53. The normalized spacial score (nSPS) is 19.5. The second-order valence-electron chi connectivity index (χ2n) is 5.38. The van der Waals surface area contributed by atoms with Crippen LogP contribution in [0.15, 0.2) is 34.9 Å². The van der Waals surface area contributed by atoms with Gasteiger partial charge in [-0.3, -0.25) is 13.8 Å². The summed E-state index contributed by atoms with van der Waals surface area (Å²) >= 11 is 0. The number of carbonyl (C=O) groups excluding carboxylic acids is 2. The lowest BCUT2D eigenvalue weighted by Gasteiger charge is -2.21. The van der Waals surface area contributed by atoms with Crippen LogP contribution in [0.1, 0.15) is 46.9 Å². The fraction of sp³-hybridized carbons (Fsp3) is 0.375. The largest absolute Gasteiger partial charge is 0.378 e. The fourth-order valence-corrected chi connectivity index (χ4v) is 3.69. The molecule has 0 amide bonds. The minimum absolute atomic E-state index is 0.160. The third-order valence-electron chi connectivity index (χ3n) is 3.62. The molecule has 0 aromatic heterocycles. The van der Waals surface area contributed by atoms with Gasteiger partial charge in [0.15, 0.2) is 0 Å². The van der Waals surface area contributed by atoms with Crippen molar-refractivity contribution in [2.75, 3.05) is 5.75 Å². The summed E-state index contributed by atoms with van der Waals surface area (Å²) in [6, 6.07) is 6.99. The number of nitrogens with one attached hydrogen (secondary N) is 1. The highest BCUT2D eigenvalue weighted by Crippen LogP contribution is 2.30. The highest BCUT2D eigenvalue weighted by atomic mass is 32.2. The summed E-state index contributed by atoms with van der Waals surface area (Å²) in [6.07, 6.45) is 2.68. The molecule has 3 rings (SSSR count). The molecule has 110 valence electrons. The lowest BCUT2D eigenvalue weighted by molar-refractivity contribution is 0.0974. The Balaban J connectivity index is 2.10. The van der Waals surface area contributed by atoms with E-state index in [2.05, 4.69) is 5.32 Å². The summed E-state index contributed by atoms with van der Waals surface area (Å²) < 4.78 is 12.4. The van der Waals surface area contributed by atoms with Crippen LogP contribution in [0.5, 0.6) is 0 Å². The van der Waals surface area contributed by atoms with E-state index in [1.807, 2.05) is 6.92 Å². The molecule has 0 saturated heterocycles. The summed E-state index contributed by atoms with van der Waals surface area (Å²) in [5.74, 6) is -0.0940. The van der Waals surface area contributed by atoms with E-state index >= 15 is 0 Å². The van der Waals surface area contributed by atoms with Gasteiger partial charge in [-0.2, -0.15) is 0 Å². The van der Waals surface area contributed by atoms with Gasteiger partial charge in [-0.15, -0.1) is 0 Å². The highest BCUT2D eigenvalue weighted by molar-refractivity contribution is 7.90. The van der Waals surface area contributed by atoms with Crippen LogP contribution in [0.4, 0.5) is 0 Å². The molecule has 1 aromatic rings. The maximum absolute atomic E-state index is 12.6. The van der Waals surface area contributed by atoms with Crippen molar-refractivity contribution in [3.05, 3.63) is 46.0 Å². The molecular formula is C16H17NO3S. The van der Waals surface area contributed by atoms with E-state index < -0.39 is 10.8 Å². The van der Waals surface area contributed by atoms with Gasteiger partial charge in [-0.25, -0.2) is 0 Å². The van der Waals surface area contributed by atoms with Crippen LogP contribution in [0.3, 0.4) is 0 Å². The van der Waals surface area contributed by atoms with Crippen LogP contribution in [0.25, 0.3) is 0 Å². The molecule has 5 heteroatoms. The predicted molar refractivity (Wildman–Crippen MR) is 81.6 cm³/mol. The summed E-state index contributed by atoms with van der Waals surface area (Å²) in [6.45, 7) is 1.91. The highest BCUT2D eigenvalue weighted by Gasteiger charge is 2.37. The molecule has 1 N–H and O–H groups in total. The number of allylic oxidation sites excluding steroid dienone is 2. The Morgan fingerprint density at radius 2 is 1.76 bits per heavy atom. The van der Waals surface area contributed by atoms with Crippen LogP contribution in [-0.2, 0) is 10.8 Å². The quantitative estimate of drug-likeness (QED) is 0.905. The molecule has 21 heavy (non-hydrogen) atoms. The van der Waals surface area contributed by atoms with E-state index in [1.165, 1.54) is 0 Å². The lowest BCUT2D eigenvalue weighted by atomic mass is 9.92. The van der Waals surface area contributed by atoms with Gasteiger partial charge in [0.25, 0.3) is 0 Å². The first kappa shape index (κ1) is 14.2. The molecule has 2 aliphatic rings. The number of benzene rings is 1. The monoisotopic (exact) mass is 303 g/mol. The Labute approximate surface area is 126 Å². The molecule has 1 fully saturated rings. The number of rotatable bonds is 5. The molecule has 4 nitrogen and oxygen atoms in total. The zero-order valence-electron chi connectivity index (χ0n) is 11.8. The summed E-state index contributed by atoms with van der Waals surface area (Å²) in [5.41, 5.74) is 1.03. The zero-order chi connectivity index (χ0) is 15.0. The van der Waals surface area contributed by atoms with Gasteiger partial charge in [0.05, 0.1) is 10.8 Å². The second kappa shape index (κ2) is 5.56. The van der Waals surface area contributed by atoms with Crippen LogP contribution in [0.2, 0.25) is 0 Å². The number of Topliss-reactive ketones (excluding diaryl/α,β-unsaturated/α-hetero) is 2. The standard InChI is InChI=1S/C16H17NO3S/c1-2-9-21(20)16-13(17-10-7-8-10)14(18)11-5-3-4-6-12(11)15(16)19/h3-6,10,17H,2,7-9H2,1H3. The van der Waals surface area contributed by atoms with Gasteiger partial charge in [0.2, 0.25) is 11.6 Å². The molecule has 0 aliphatic heterocycles. The van der Waals surface area contributed by atoms with Gasteiger partial charge >= 0.3 is 0 Å². The van der Waals surface area contributed by atoms with Crippen LogP contribution in [0, 0.1) is 0 Å².